The molecule has 16 heavy (non-hydrogen) atoms. The lowest BCUT2D eigenvalue weighted by Gasteiger charge is -2.52. The van der Waals surface area contributed by atoms with Crippen LogP contribution < -0.4 is 0 Å². The predicted octanol–water partition coefficient (Wildman–Crippen LogP) is 1.98. The average molecular weight is 244 g/mol. The molecular weight excluding hydrogens is 224 g/mol. The van der Waals surface area contributed by atoms with Crippen molar-refractivity contribution in [2.24, 2.45) is 5.41 Å². The second-order valence-electron chi connectivity index (χ2n) is 4.80. The maximum atomic E-state index is 12.1. The summed E-state index contributed by atoms with van der Waals surface area (Å²) in [5, 5.41) is 10.7. The largest absolute Gasteiger partial charge is 0.465 e. The summed E-state index contributed by atoms with van der Waals surface area (Å²) in [6, 6.07) is 0. The Balaban J connectivity index is 2.16. The van der Waals surface area contributed by atoms with E-state index in [1.54, 1.807) is 0 Å². The first-order valence-electron chi connectivity index (χ1n) is 6.12. The molecule has 0 atom stereocenters. The molecule has 1 aliphatic carbocycles. The van der Waals surface area contributed by atoms with Crippen LogP contribution in [-0.2, 0) is 9.53 Å². The van der Waals surface area contributed by atoms with E-state index in [1.807, 2.05) is 18.7 Å². The highest BCUT2D eigenvalue weighted by molar-refractivity contribution is 7.99. The van der Waals surface area contributed by atoms with Crippen LogP contribution in [0.1, 0.15) is 39.0 Å². The molecule has 3 nitrogen and oxygen atoms in total. The molecule has 1 saturated carbocycles. The van der Waals surface area contributed by atoms with Crippen molar-refractivity contribution < 1.29 is 14.6 Å². The lowest BCUT2D eigenvalue weighted by molar-refractivity contribution is -0.191. The average Bonchev–Trinajstić information content (AvgIpc) is 2.16. The van der Waals surface area contributed by atoms with Gasteiger partial charge in [0, 0.05) is 0 Å². The molecule has 0 aromatic heterocycles. The van der Waals surface area contributed by atoms with Gasteiger partial charge in [0.2, 0.25) is 0 Å². The van der Waals surface area contributed by atoms with E-state index < -0.39 is 11.0 Å². The van der Waals surface area contributed by atoms with Crippen molar-refractivity contribution in [3.8, 4) is 0 Å². The highest BCUT2D eigenvalue weighted by Crippen LogP contribution is 2.54. The number of carbonyl (C=O) groups is 1. The van der Waals surface area contributed by atoms with Gasteiger partial charge in [-0.25, -0.2) is 0 Å². The zero-order valence-electron chi connectivity index (χ0n) is 9.83. The zero-order valence-corrected chi connectivity index (χ0v) is 10.6. The van der Waals surface area contributed by atoms with Gasteiger partial charge in [-0.2, -0.15) is 11.8 Å². The molecule has 4 heteroatoms. The van der Waals surface area contributed by atoms with Crippen LogP contribution in [0.25, 0.3) is 0 Å². The Hall–Kier alpha value is -0.220. The molecule has 1 N–H and O–H groups in total. The molecule has 0 aromatic rings. The van der Waals surface area contributed by atoms with Gasteiger partial charge in [0.15, 0.2) is 0 Å². The SMILES string of the molecule is CCOC(=O)C1(C2(O)CCSCC2)CCC1. The number of thioether (sulfide) groups is 1. The van der Waals surface area contributed by atoms with Crippen molar-refractivity contribution in [1.82, 2.24) is 0 Å². The number of ether oxygens (including phenoxy) is 1. The summed E-state index contributed by atoms with van der Waals surface area (Å²) in [5.41, 5.74) is -1.38. The van der Waals surface area contributed by atoms with E-state index in [0.29, 0.717) is 6.61 Å². The molecule has 0 spiro atoms. The number of carbonyl (C=O) groups excluding carboxylic acids is 1. The van der Waals surface area contributed by atoms with Gasteiger partial charge in [0.05, 0.1) is 17.6 Å². The van der Waals surface area contributed by atoms with E-state index in [1.165, 1.54) is 0 Å². The monoisotopic (exact) mass is 244 g/mol. The van der Waals surface area contributed by atoms with Crippen molar-refractivity contribution in [2.75, 3.05) is 18.1 Å². The van der Waals surface area contributed by atoms with Crippen LogP contribution in [0.3, 0.4) is 0 Å². The lowest BCUT2D eigenvalue weighted by Crippen LogP contribution is -2.59. The second kappa shape index (κ2) is 4.57. The van der Waals surface area contributed by atoms with Gasteiger partial charge in [0.1, 0.15) is 0 Å². The topological polar surface area (TPSA) is 46.5 Å². The minimum atomic E-state index is -0.803. The highest BCUT2D eigenvalue weighted by Gasteiger charge is 2.60. The summed E-state index contributed by atoms with van der Waals surface area (Å²) < 4.78 is 5.16. The number of hydrogen-bond acceptors (Lipinski definition) is 4. The molecule has 0 aromatic carbocycles. The Labute approximate surface area is 101 Å². The summed E-state index contributed by atoms with van der Waals surface area (Å²) in [7, 11) is 0. The quantitative estimate of drug-likeness (QED) is 0.771. The van der Waals surface area contributed by atoms with Crippen LogP contribution >= 0.6 is 11.8 Å². The van der Waals surface area contributed by atoms with Gasteiger partial charge in [-0.15, -0.1) is 0 Å². The molecule has 0 radical (unpaired) electrons. The van der Waals surface area contributed by atoms with Crippen LogP contribution in [0.4, 0.5) is 0 Å². The molecule has 2 aliphatic rings. The summed E-state index contributed by atoms with van der Waals surface area (Å²) in [4.78, 5) is 12.1. The van der Waals surface area contributed by atoms with E-state index in [2.05, 4.69) is 0 Å². The molecule has 1 saturated heterocycles. The van der Waals surface area contributed by atoms with Gasteiger partial charge in [-0.1, -0.05) is 6.42 Å². The first-order valence-corrected chi connectivity index (χ1v) is 7.27. The standard InChI is InChI=1S/C12H20O3S/c1-2-15-10(13)11(4-3-5-11)12(14)6-8-16-9-7-12/h14H,2-9H2,1H3. The van der Waals surface area contributed by atoms with Crippen molar-refractivity contribution in [3.05, 3.63) is 0 Å². The van der Waals surface area contributed by atoms with Crippen LogP contribution in [0.2, 0.25) is 0 Å². The van der Waals surface area contributed by atoms with Crippen molar-refractivity contribution in [1.29, 1.82) is 0 Å². The van der Waals surface area contributed by atoms with Gasteiger partial charge in [0.25, 0.3) is 0 Å². The van der Waals surface area contributed by atoms with Crippen LogP contribution in [0.15, 0.2) is 0 Å². The smallest absolute Gasteiger partial charge is 0.314 e. The van der Waals surface area contributed by atoms with E-state index in [-0.39, 0.29) is 5.97 Å². The maximum absolute atomic E-state index is 12.1. The summed E-state index contributed by atoms with van der Waals surface area (Å²) >= 11 is 1.86. The fraction of sp³-hybridized carbons (Fsp3) is 0.917. The zero-order chi connectivity index (χ0) is 11.6. The third-order valence-corrected chi connectivity index (χ3v) is 5.07. The first kappa shape index (κ1) is 12.2. The number of esters is 1. The molecule has 2 rings (SSSR count). The molecule has 0 unspecified atom stereocenters. The van der Waals surface area contributed by atoms with Gasteiger partial charge in [-0.05, 0) is 44.1 Å². The predicted molar refractivity (Wildman–Crippen MR) is 64.4 cm³/mol. The molecule has 0 amide bonds. The summed E-state index contributed by atoms with van der Waals surface area (Å²) in [6.45, 7) is 2.23. The van der Waals surface area contributed by atoms with Gasteiger partial charge >= 0.3 is 5.97 Å². The summed E-state index contributed by atoms with van der Waals surface area (Å²) in [6.07, 6.45) is 4.10. The van der Waals surface area contributed by atoms with E-state index in [9.17, 15) is 9.90 Å². The molecular formula is C12H20O3S. The number of aliphatic hydroxyl groups is 1. The van der Waals surface area contributed by atoms with Crippen molar-refractivity contribution in [2.45, 2.75) is 44.6 Å². The van der Waals surface area contributed by atoms with Gasteiger partial charge < -0.3 is 9.84 Å². The molecule has 1 aliphatic heterocycles. The Morgan fingerprint density at radius 2 is 1.94 bits per heavy atom. The van der Waals surface area contributed by atoms with Gasteiger partial charge in [-0.3, -0.25) is 4.79 Å². The Bertz CT molecular complexity index is 267. The van der Waals surface area contributed by atoms with Crippen molar-refractivity contribution >= 4 is 17.7 Å². The fourth-order valence-corrected chi connectivity index (χ4v) is 4.01. The second-order valence-corrected chi connectivity index (χ2v) is 6.02. The first-order chi connectivity index (χ1) is 7.65. The maximum Gasteiger partial charge on any atom is 0.314 e. The number of hydrogen-bond donors (Lipinski definition) is 1. The Kier molecular flexibility index (Phi) is 3.50. The Morgan fingerprint density at radius 1 is 1.31 bits per heavy atom. The van der Waals surface area contributed by atoms with Crippen molar-refractivity contribution in [3.63, 3.8) is 0 Å². The number of rotatable bonds is 3. The van der Waals surface area contributed by atoms with E-state index >= 15 is 0 Å². The molecule has 92 valence electrons. The lowest BCUT2D eigenvalue weighted by atomic mass is 9.56. The minimum Gasteiger partial charge on any atom is -0.465 e. The highest BCUT2D eigenvalue weighted by atomic mass is 32.2. The Morgan fingerprint density at radius 3 is 2.38 bits per heavy atom. The third kappa shape index (κ3) is 1.76. The third-order valence-electron chi connectivity index (χ3n) is 4.08. The summed E-state index contributed by atoms with van der Waals surface area (Å²) in [5.74, 6) is 1.74. The molecule has 1 heterocycles. The van der Waals surface area contributed by atoms with E-state index in [4.69, 9.17) is 4.74 Å². The fourth-order valence-electron chi connectivity index (χ4n) is 2.85. The molecule has 0 bridgehead atoms. The van der Waals surface area contributed by atoms with Crippen LogP contribution in [0, 0.1) is 5.41 Å². The van der Waals surface area contributed by atoms with Crippen LogP contribution in [0.5, 0.6) is 0 Å². The normalized spacial score (nSPS) is 26.9. The van der Waals surface area contributed by atoms with E-state index in [0.717, 1.165) is 43.6 Å². The minimum absolute atomic E-state index is 0.171. The molecule has 2 fully saturated rings. The van der Waals surface area contributed by atoms with Crippen LogP contribution in [-0.4, -0.2) is 34.8 Å².